The number of thiophene rings is 1. The molecule has 0 radical (unpaired) electrons. The molecule has 0 spiro atoms. The Kier molecular flexibility index (Phi) is 3.12. The molecule has 102 valence electrons. The lowest BCUT2D eigenvalue weighted by Crippen LogP contribution is -2.22. The van der Waals surface area contributed by atoms with Crippen LogP contribution in [0.3, 0.4) is 0 Å². The van der Waals surface area contributed by atoms with E-state index in [0.717, 1.165) is 0 Å². The van der Waals surface area contributed by atoms with Crippen molar-refractivity contribution in [2.75, 3.05) is 5.32 Å². The van der Waals surface area contributed by atoms with E-state index in [9.17, 15) is 0 Å². The third-order valence-corrected chi connectivity index (χ3v) is 5.50. The van der Waals surface area contributed by atoms with Crippen molar-refractivity contribution in [3.8, 4) is 0 Å². The van der Waals surface area contributed by atoms with Crippen molar-refractivity contribution >= 4 is 37.2 Å². The zero-order valence-corrected chi connectivity index (χ0v) is 12.4. The Bertz CT molecular complexity index is 737. The van der Waals surface area contributed by atoms with Crippen molar-refractivity contribution < 1.29 is 0 Å². The Balaban J connectivity index is 1.71. The molecule has 0 aliphatic heterocycles. The topological polar surface area (TPSA) is 12.0 Å². The van der Waals surface area contributed by atoms with Gasteiger partial charge in [-0.1, -0.05) is 37.5 Å². The van der Waals surface area contributed by atoms with Gasteiger partial charge in [0.05, 0.1) is 0 Å². The molecule has 0 saturated heterocycles. The van der Waals surface area contributed by atoms with Crippen LogP contribution in [-0.2, 0) is 0 Å². The van der Waals surface area contributed by atoms with Gasteiger partial charge in [-0.3, -0.25) is 0 Å². The number of fused-ring (bicyclic) bond motifs is 3. The fourth-order valence-electron chi connectivity index (χ4n) is 3.30. The Morgan fingerprint density at radius 1 is 0.850 bits per heavy atom. The van der Waals surface area contributed by atoms with Gasteiger partial charge in [-0.15, -0.1) is 11.3 Å². The van der Waals surface area contributed by atoms with E-state index in [1.165, 1.54) is 58.0 Å². The fourth-order valence-corrected chi connectivity index (χ4v) is 4.38. The Morgan fingerprint density at radius 3 is 2.55 bits per heavy atom. The van der Waals surface area contributed by atoms with Crippen LogP contribution in [0.15, 0.2) is 42.5 Å². The molecule has 0 unspecified atom stereocenters. The van der Waals surface area contributed by atoms with Gasteiger partial charge in [0.25, 0.3) is 0 Å². The highest BCUT2D eigenvalue weighted by Gasteiger charge is 2.13. The van der Waals surface area contributed by atoms with E-state index in [-0.39, 0.29) is 0 Å². The van der Waals surface area contributed by atoms with Crippen LogP contribution >= 0.6 is 11.3 Å². The van der Waals surface area contributed by atoms with E-state index < -0.39 is 0 Å². The van der Waals surface area contributed by atoms with Crippen LogP contribution in [0.25, 0.3) is 20.2 Å². The number of rotatable bonds is 2. The summed E-state index contributed by atoms with van der Waals surface area (Å²) in [5.41, 5.74) is 1.29. The molecule has 1 aliphatic carbocycles. The summed E-state index contributed by atoms with van der Waals surface area (Å²) in [6.07, 6.45) is 6.81. The van der Waals surface area contributed by atoms with Crippen molar-refractivity contribution in [1.29, 1.82) is 0 Å². The minimum Gasteiger partial charge on any atom is -0.382 e. The molecular formula is C18H19NS. The van der Waals surface area contributed by atoms with Crippen LogP contribution in [0.5, 0.6) is 0 Å². The van der Waals surface area contributed by atoms with Crippen molar-refractivity contribution in [3.63, 3.8) is 0 Å². The molecule has 1 heterocycles. The number of hydrogen-bond donors (Lipinski definition) is 1. The molecule has 1 fully saturated rings. The summed E-state index contributed by atoms with van der Waals surface area (Å²) in [5, 5.41) is 6.52. The maximum absolute atomic E-state index is 3.73. The summed E-state index contributed by atoms with van der Waals surface area (Å²) in [4.78, 5) is 0. The number of nitrogens with one attached hydrogen (secondary N) is 1. The first-order valence-electron chi connectivity index (χ1n) is 7.58. The average Bonchev–Trinajstić information content (AvgIpc) is 2.86. The van der Waals surface area contributed by atoms with Gasteiger partial charge in [-0.2, -0.15) is 0 Å². The van der Waals surface area contributed by atoms with Gasteiger partial charge < -0.3 is 5.32 Å². The summed E-state index contributed by atoms with van der Waals surface area (Å²) in [6.45, 7) is 0. The fraction of sp³-hybridized carbons (Fsp3) is 0.333. The van der Waals surface area contributed by atoms with E-state index in [0.29, 0.717) is 6.04 Å². The normalized spacial score (nSPS) is 16.8. The Labute approximate surface area is 123 Å². The molecule has 20 heavy (non-hydrogen) atoms. The standard InChI is InChI=1S/C18H19NS/c1-2-6-13(7-3-1)19-14-10-11-18-16(12-14)15-8-4-5-9-17(15)20-18/h4-5,8-13,19H,1-3,6-7H2. The van der Waals surface area contributed by atoms with Crippen molar-refractivity contribution in [1.82, 2.24) is 0 Å². The Morgan fingerprint density at radius 2 is 1.65 bits per heavy atom. The third-order valence-electron chi connectivity index (χ3n) is 4.35. The van der Waals surface area contributed by atoms with Gasteiger partial charge in [0, 0.05) is 31.9 Å². The van der Waals surface area contributed by atoms with E-state index in [1.54, 1.807) is 0 Å². The minimum atomic E-state index is 0.672. The van der Waals surface area contributed by atoms with Crippen LogP contribution in [-0.4, -0.2) is 6.04 Å². The monoisotopic (exact) mass is 281 g/mol. The van der Waals surface area contributed by atoms with E-state index in [1.807, 2.05) is 11.3 Å². The smallest absolute Gasteiger partial charge is 0.0356 e. The van der Waals surface area contributed by atoms with E-state index in [4.69, 9.17) is 0 Å². The second-order valence-electron chi connectivity index (χ2n) is 5.79. The predicted molar refractivity (Wildman–Crippen MR) is 89.8 cm³/mol. The maximum atomic E-state index is 3.73. The maximum Gasteiger partial charge on any atom is 0.0356 e. The minimum absolute atomic E-state index is 0.672. The van der Waals surface area contributed by atoms with Gasteiger partial charge >= 0.3 is 0 Å². The van der Waals surface area contributed by atoms with E-state index in [2.05, 4.69) is 47.8 Å². The molecule has 3 aromatic rings. The predicted octanol–water partition coefficient (Wildman–Crippen LogP) is 5.80. The number of hydrogen-bond acceptors (Lipinski definition) is 2. The lowest BCUT2D eigenvalue weighted by atomic mass is 9.95. The molecule has 1 N–H and O–H groups in total. The van der Waals surface area contributed by atoms with Gasteiger partial charge in [0.1, 0.15) is 0 Å². The Hall–Kier alpha value is -1.54. The molecule has 4 rings (SSSR count). The van der Waals surface area contributed by atoms with Gasteiger partial charge in [-0.05, 0) is 37.1 Å². The highest BCUT2D eigenvalue weighted by molar-refractivity contribution is 7.25. The molecule has 1 nitrogen and oxygen atoms in total. The van der Waals surface area contributed by atoms with E-state index >= 15 is 0 Å². The van der Waals surface area contributed by atoms with Crippen LogP contribution in [0.4, 0.5) is 5.69 Å². The zero-order valence-electron chi connectivity index (χ0n) is 11.6. The highest BCUT2D eigenvalue weighted by atomic mass is 32.1. The third kappa shape index (κ3) is 2.18. The number of anilines is 1. The zero-order chi connectivity index (χ0) is 13.4. The first-order chi connectivity index (χ1) is 9.90. The molecule has 2 aromatic carbocycles. The molecule has 0 bridgehead atoms. The van der Waals surface area contributed by atoms with Crippen LogP contribution in [0, 0.1) is 0 Å². The second-order valence-corrected chi connectivity index (χ2v) is 6.87. The molecular weight excluding hydrogens is 262 g/mol. The number of benzene rings is 2. The second kappa shape index (κ2) is 5.10. The first-order valence-corrected chi connectivity index (χ1v) is 8.40. The van der Waals surface area contributed by atoms with Gasteiger partial charge in [0.15, 0.2) is 0 Å². The molecule has 1 aliphatic rings. The summed E-state index contributed by atoms with van der Waals surface area (Å²) in [5.74, 6) is 0. The largest absolute Gasteiger partial charge is 0.382 e. The van der Waals surface area contributed by atoms with Crippen molar-refractivity contribution in [2.24, 2.45) is 0 Å². The van der Waals surface area contributed by atoms with Crippen LogP contribution < -0.4 is 5.32 Å². The summed E-state index contributed by atoms with van der Waals surface area (Å²) in [6, 6.07) is 16.2. The lowest BCUT2D eigenvalue weighted by molar-refractivity contribution is 0.463. The quantitative estimate of drug-likeness (QED) is 0.626. The average molecular weight is 281 g/mol. The lowest BCUT2D eigenvalue weighted by Gasteiger charge is -2.23. The van der Waals surface area contributed by atoms with Gasteiger partial charge in [-0.25, -0.2) is 0 Å². The molecule has 0 amide bonds. The molecule has 1 aromatic heterocycles. The summed E-state index contributed by atoms with van der Waals surface area (Å²) < 4.78 is 2.78. The first kappa shape index (κ1) is 12.2. The van der Waals surface area contributed by atoms with Gasteiger partial charge in [0.2, 0.25) is 0 Å². The molecule has 1 saturated carbocycles. The molecule has 0 atom stereocenters. The SMILES string of the molecule is c1ccc2c(c1)sc1ccc(NC3CCCCC3)cc12. The van der Waals surface area contributed by atoms with Crippen molar-refractivity contribution in [3.05, 3.63) is 42.5 Å². The summed E-state index contributed by atoms with van der Waals surface area (Å²) in [7, 11) is 0. The summed E-state index contributed by atoms with van der Waals surface area (Å²) >= 11 is 1.89. The van der Waals surface area contributed by atoms with Crippen LogP contribution in [0.2, 0.25) is 0 Å². The highest BCUT2D eigenvalue weighted by Crippen LogP contribution is 2.35. The van der Waals surface area contributed by atoms with Crippen molar-refractivity contribution in [2.45, 2.75) is 38.1 Å². The molecule has 2 heteroatoms. The van der Waals surface area contributed by atoms with Crippen LogP contribution in [0.1, 0.15) is 32.1 Å².